The zero-order chi connectivity index (χ0) is 8.10. The van der Waals surface area contributed by atoms with Crippen LogP contribution in [0, 0.1) is 0 Å². The standard InChI is InChI=1S/C7H12O3S/c1-6(8)4-11-5-7-9-2-3-10-7/h7H,2-5H2,1H3. The molecule has 0 amide bonds. The second-order valence-electron chi connectivity index (χ2n) is 2.39. The molecule has 3 nitrogen and oxygen atoms in total. The van der Waals surface area contributed by atoms with Gasteiger partial charge in [-0.05, 0) is 6.92 Å². The molecular formula is C7H12O3S. The highest BCUT2D eigenvalue weighted by Gasteiger charge is 2.15. The minimum absolute atomic E-state index is 0.0839. The van der Waals surface area contributed by atoms with Crippen LogP contribution in [0.15, 0.2) is 0 Å². The van der Waals surface area contributed by atoms with Crippen LogP contribution < -0.4 is 0 Å². The molecule has 0 bridgehead atoms. The van der Waals surface area contributed by atoms with Crippen molar-refractivity contribution >= 4 is 17.5 Å². The van der Waals surface area contributed by atoms with E-state index in [0.29, 0.717) is 19.0 Å². The second-order valence-corrected chi connectivity index (χ2v) is 3.42. The van der Waals surface area contributed by atoms with Gasteiger partial charge < -0.3 is 9.47 Å². The molecule has 0 aromatic rings. The Morgan fingerprint density at radius 1 is 1.55 bits per heavy atom. The molecule has 1 saturated heterocycles. The van der Waals surface area contributed by atoms with E-state index < -0.39 is 0 Å². The lowest BCUT2D eigenvalue weighted by Gasteiger charge is -2.06. The smallest absolute Gasteiger partial charge is 0.166 e. The molecule has 64 valence electrons. The number of ketones is 1. The molecule has 0 radical (unpaired) electrons. The van der Waals surface area contributed by atoms with E-state index in [-0.39, 0.29) is 12.1 Å². The molecule has 1 heterocycles. The first kappa shape index (κ1) is 9.03. The molecule has 0 unspecified atom stereocenters. The number of rotatable bonds is 4. The second kappa shape index (κ2) is 4.74. The molecule has 0 aromatic heterocycles. The van der Waals surface area contributed by atoms with Gasteiger partial charge in [0, 0.05) is 5.75 Å². The molecule has 1 aliphatic heterocycles. The van der Waals surface area contributed by atoms with E-state index in [0.717, 1.165) is 5.75 Å². The summed E-state index contributed by atoms with van der Waals surface area (Å²) in [6.45, 7) is 2.96. The van der Waals surface area contributed by atoms with Crippen molar-refractivity contribution in [3.05, 3.63) is 0 Å². The number of hydrogen-bond acceptors (Lipinski definition) is 4. The lowest BCUT2D eigenvalue weighted by Crippen LogP contribution is -2.11. The van der Waals surface area contributed by atoms with Crippen molar-refractivity contribution in [1.82, 2.24) is 0 Å². The summed E-state index contributed by atoms with van der Waals surface area (Å²) >= 11 is 1.56. The molecule has 11 heavy (non-hydrogen) atoms. The van der Waals surface area contributed by atoms with Gasteiger partial charge in [0.05, 0.1) is 19.0 Å². The van der Waals surface area contributed by atoms with Gasteiger partial charge in [-0.3, -0.25) is 4.79 Å². The van der Waals surface area contributed by atoms with E-state index in [2.05, 4.69) is 0 Å². The van der Waals surface area contributed by atoms with Crippen LogP contribution >= 0.6 is 11.8 Å². The average Bonchev–Trinajstić information content (AvgIpc) is 2.39. The number of carbonyl (C=O) groups excluding carboxylic acids is 1. The summed E-state index contributed by atoms with van der Waals surface area (Å²) in [6, 6.07) is 0. The van der Waals surface area contributed by atoms with Crippen molar-refractivity contribution in [3.63, 3.8) is 0 Å². The summed E-state index contributed by atoms with van der Waals surface area (Å²) in [4.78, 5) is 10.5. The van der Waals surface area contributed by atoms with E-state index in [9.17, 15) is 4.79 Å². The highest BCUT2D eigenvalue weighted by molar-refractivity contribution is 7.99. The molecular weight excluding hydrogens is 164 g/mol. The van der Waals surface area contributed by atoms with Crippen LogP contribution in [-0.4, -0.2) is 36.8 Å². The van der Waals surface area contributed by atoms with E-state index in [1.54, 1.807) is 18.7 Å². The van der Waals surface area contributed by atoms with E-state index in [1.807, 2.05) is 0 Å². The summed E-state index contributed by atoms with van der Waals surface area (Å²) in [5.74, 6) is 1.52. The summed E-state index contributed by atoms with van der Waals surface area (Å²) in [5.41, 5.74) is 0. The van der Waals surface area contributed by atoms with Gasteiger partial charge in [0.1, 0.15) is 5.78 Å². The molecule has 0 saturated carbocycles. The van der Waals surface area contributed by atoms with Crippen LogP contribution in [0.4, 0.5) is 0 Å². The largest absolute Gasteiger partial charge is 0.349 e. The molecule has 0 N–H and O–H groups in total. The first-order chi connectivity index (χ1) is 5.29. The zero-order valence-electron chi connectivity index (χ0n) is 6.54. The SMILES string of the molecule is CC(=O)CSCC1OCCO1. The molecule has 0 aliphatic carbocycles. The van der Waals surface area contributed by atoms with Gasteiger partial charge in [-0.1, -0.05) is 0 Å². The maximum atomic E-state index is 10.5. The first-order valence-corrected chi connectivity index (χ1v) is 4.75. The normalized spacial score (nSPS) is 19.0. The lowest BCUT2D eigenvalue weighted by molar-refractivity contribution is -0.114. The van der Waals surface area contributed by atoms with Gasteiger partial charge in [-0.15, -0.1) is 11.8 Å². The molecule has 4 heteroatoms. The van der Waals surface area contributed by atoms with E-state index in [4.69, 9.17) is 9.47 Å². The van der Waals surface area contributed by atoms with Crippen LogP contribution in [0.25, 0.3) is 0 Å². The Morgan fingerprint density at radius 2 is 2.18 bits per heavy atom. The predicted octanol–water partition coefficient (Wildman–Crippen LogP) is 0.681. The molecule has 0 aromatic carbocycles. The van der Waals surface area contributed by atoms with Crippen molar-refractivity contribution in [2.24, 2.45) is 0 Å². The van der Waals surface area contributed by atoms with Crippen molar-refractivity contribution in [2.45, 2.75) is 13.2 Å². The van der Waals surface area contributed by atoms with Crippen LogP contribution in [0.5, 0.6) is 0 Å². The van der Waals surface area contributed by atoms with Crippen molar-refractivity contribution in [2.75, 3.05) is 24.7 Å². The third-order valence-corrected chi connectivity index (χ3v) is 2.37. The van der Waals surface area contributed by atoms with Crippen molar-refractivity contribution in [3.8, 4) is 0 Å². The van der Waals surface area contributed by atoms with E-state index >= 15 is 0 Å². The Kier molecular flexibility index (Phi) is 3.90. The lowest BCUT2D eigenvalue weighted by atomic mass is 10.5. The van der Waals surface area contributed by atoms with Gasteiger partial charge in [0.2, 0.25) is 0 Å². The Hall–Kier alpha value is -0.0600. The molecule has 0 spiro atoms. The third kappa shape index (κ3) is 3.74. The molecule has 0 atom stereocenters. The first-order valence-electron chi connectivity index (χ1n) is 3.59. The van der Waals surface area contributed by atoms with Crippen LogP contribution in [0.1, 0.15) is 6.92 Å². The monoisotopic (exact) mass is 176 g/mol. The third-order valence-electron chi connectivity index (χ3n) is 1.25. The summed E-state index contributed by atoms with van der Waals surface area (Å²) in [5, 5.41) is 0. The minimum atomic E-state index is -0.0839. The molecule has 1 fully saturated rings. The zero-order valence-corrected chi connectivity index (χ0v) is 7.36. The summed E-state index contributed by atoms with van der Waals surface area (Å²) in [6.07, 6.45) is -0.0839. The summed E-state index contributed by atoms with van der Waals surface area (Å²) in [7, 11) is 0. The number of thioether (sulfide) groups is 1. The minimum Gasteiger partial charge on any atom is -0.349 e. The fraction of sp³-hybridized carbons (Fsp3) is 0.857. The number of Topliss-reactive ketones (excluding diaryl/α,β-unsaturated/α-hetero) is 1. The maximum Gasteiger partial charge on any atom is 0.166 e. The van der Waals surface area contributed by atoms with Gasteiger partial charge in [-0.2, -0.15) is 0 Å². The molecule has 1 aliphatic rings. The Balaban J connectivity index is 1.98. The van der Waals surface area contributed by atoms with Crippen LogP contribution in [0.3, 0.4) is 0 Å². The van der Waals surface area contributed by atoms with E-state index in [1.165, 1.54) is 0 Å². The fourth-order valence-electron chi connectivity index (χ4n) is 0.802. The molecule has 1 rings (SSSR count). The van der Waals surface area contributed by atoms with Crippen molar-refractivity contribution in [1.29, 1.82) is 0 Å². The van der Waals surface area contributed by atoms with Crippen molar-refractivity contribution < 1.29 is 14.3 Å². The topological polar surface area (TPSA) is 35.5 Å². The van der Waals surface area contributed by atoms with Gasteiger partial charge in [0.15, 0.2) is 6.29 Å². The quantitative estimate of drug-likeness (QED) is 0.631. The number of hydrogen-bond donors (Lipinski definition) is 0. The predicted molar refractivity (Wildman–Crippen MR) is 43.7 cm³/mol. The van der Waals surface area contributed by atoms with Crippen LogP contribution in [0.2, 0.25) is 0 Å². The average molecular weight is 176 g/mol. The fourth-order valence-corrected chi connectivity index (χ4v) is 1.59. The van der Waals surface area contributed by atoms with Gasteiger partial charge in [0.25, 0.3) is 0 Å². The Labute approximate surface area is 70.4 Å². The Bertz CT molecular complexity index is 132. The Morgan fingerprint density at radius 3 is 2.73 bits per heavy atom. The van der Waals surface area contributed by atoms with Gasteiger partial charge in [-0.25, -0.2) is 0 Å². The van der Waals surface area contributed by atoms with Crippen LogP contribution in [-0.2, 0) is 14.3 Å². The maximum absolute atomic E-state index is 10.5. The highest BCUT2D eigenvalue weighted by atomic mass is 32.2. The van der Waals surface area contributed by atoms with Gasteiger partial charge >= 0.3 is 0 Å². The number of ether oxygens (including phenoxy) is 2. The summed E-state index contributed by atoms with van der Waals surface area (Å²) < 4.78 is 10.4. The highest BCUT2D eigenvalue weighted by Crippen LogP contribution is 2.11. The number of carbonyl (C=O) groups is 1.